The molecule has 3 aromatic rings. The third kappa shape index (κ3) is 3.72. The van der Waals surface area contributed by atoms with Crippen LogP contribution in [-0.2, 0) is 0 Å². The summed E-state index contributed by atoms with van der Waals surface area (Å²) in [6.45, 7) is 1.75. The van der Waals surface area contributed by atoms with Crippen molar-refractivity contribution in [3.63, 3.8) is 0 Å². The van der Waals surface area contributed by atoms with Crippen LogP contribution in [0.2, 0.25) is 5.02 Å². The second-order valence-corrected chi connectivity index (χ2v) is 6.22. The van der Waals surface area contributed by atoms with Crippen LogP contribution in [0.5, 0.6) is 17.2 Å². The van der Waals surface area contributed by atoms with Crippen LogP contribution in [0.1, 0.15) is 21.7 Å². The molecule has 2 aromatic heterocycles. The molecule has 28 heavy (non-hydrogen) atoms. The first-order chi connectivity index (χ1) is 13.5. The maximum Gasteiger partial charge on any atom is 0.290 e. The minimum Gasteiger partial charge on any atom is -0.493 e. The van der Waals surface area contributed by atoms with Gasteiger partial charge in [0.2, 0.25) is 5.75 Å². The fourth-order valence-corrected chi connectivity index (χ4v) is 2.96. The number of nitrogens with one attached hydrogen (secondary N) is 1. The number of hydrogen-bond donors (Lipinski definition) is 1. The molecular weight excluding hydrogens is 384 g/mol. The zero-order valence-electron chi connectivity index (χ0n) is 15.8. The third-order valence-electron chi connectivity index (χ3n) is 4.04. The predicted molar refractivity (Wildman–Crippen MR) is 106 cm³/mol. The standard InChI is InChI=1S/C19H19ClN4O4/c1-11-17(24-10-13(20)5-6-16(24)22-11)19(25)23-21-9-12-7-14(26-2)18(28-4)15(8-12)27-3/h5-10H,1-4H3,(H,23,25). The largest absolute Gasteiger partial charge is 0.493 e. The molecule has 8 nitrogen and oxygen atoms in total. The molecule has 0 bridgehead atoms. The molecule has 1 amide bonds. The number of carbonyl (C=O) groups is 1. The second-order valence-electron chi connectivity index (χ2n) is 5.78. The summed E-state index contributed by atoms with van der Waals surface area (Å²) in [5, 5.41) is 4.52. The zero-order chi connectivity index (χ0) is 20.3. The van der Waals surface area contributed by atoms with E-state index in [-0.39, 0.29) is 0 Å². The number of hydrazone groups is 1. The van der Waals surface area contributed by atoms with Gasteiger partial charge in [0.1, 0.15) is 11.3 Å². The van der Waals surface area contributed by atoms with Crippen LogP contribution < -0.4 is 19.6 Å². The molecule has 0 radical (unpaired) electrons. The van der Waals surface area contributed by atoms with Gasteiger partial charge in [0, 0.05) is 11.8 Å². The summed E-state index contributed by atoms with van der Waals surface area (Å²) in [7, 11) is 4.58. The van der Waals surface area contributed by atoms with Crippen molar-refractivity contribution in [3.8, 4) is 17.2 Å². The Morgan fingerprint density at radius 3 is 2.46 bits per heavy atom. The van der Waals surface area contributed by atoms with Gasteiger partial charge in [0.05, 0.1) is 38.3 Å². The van der Waals surface area contributed by atoms with Gasteiger partial charge >= 0.3 is 0 Å². The van der Waals surface area contributed by atoms with Crippen LogP contribution in [0.4, 0.5) is 0 Å². The van der Waals surface area contributed by atoms with Crippen LogP contribution in [0.3, 0.4) is 0 Å². The Balaban J connectivity index is 1.85. The maximum atomic E-state index is 12.6. The highest BCUT2D eigenvalue weighted by Gasteiger charge is 2.16. The lowest BCUT2D eigenvalue weighted by atomic mass is 10.2. The fourth-order valence-electron chi connectivity index (χ4n) is 2.80. The van der Waals surface area contributed by atoms with Crippen molar-refractivity contribution >= 4 is 29.4 Å². The molecule has 1 aromatic carbocycles. The van der Waals surface area contributed by atoms with Crippen molar-refractivity contribution in [2.45, 2.75) is 6.92 Å². The van der Waals surface area contributed by atoms with Crippen LogP contribution in [0, 0.1) is 6.92 Å². The van der Waals surface area contributed by atoms with Crippen LogP contribution in [0.25, 0.3) is 5.65 Å². The van der Waals surface area contributed by atoms with E-state index in [1.54, 1.807) is 41.8 Å². The molecule has 2 heterocycles. The van der Waals surface area contributed by atoms with Gasteiger partial charge in [-0.25, -0.2) is 10.4 Å². The predicted octanol–water partition coefficient (Wildman–Crippen LogP) is 3.09. The van der Waals surface area contributed by atoms with E-state index >= 15 is 0 Å². The van der Waals surface area contributed by atoms with E-state index in [0.29, 0.717) is 44.9 Å². The van der Waals surface area contributed by atoms with Gasteiger partial charge in [-0.3, -0.25) is 9.20 Å². The molecular formula is C19H19ClN4O4. The summed E-state index contributed by atoms with van der Waals surface area (Å²) in [6.07, 6.45) is 3.11. The van der Waals surface area contributed by atoms with Gasteiger partial charge in [-0.05, 0) is 31.2 Å². The lowest BCUT2D eigenvalue weighted by Gasteiger charge is -2.12. The Hall–Kier alpha value is -3.26. The molecule has 0 aliphatic heterocycles. The van der Waals surface area contributed by atoms with Gasteiger partial charge < -0.3 is 14.2 Å². The number of amides is 1. The SMILES string of the molecule is COc1cc(C=NNC(=O)c2c(C)nc3ccc(Cl)cn23)cc(OC)c1OC. The van der Waals surface area contributed by atoms with Gasteiger partial charge in [0.15, 0.2) is 11.5 Å². The Morgan fingerprint density at radius 2 is 1.86 bits per heavy atom. The number of halogens is 1. The molecule has 0 unspecified atom stereocenters. The van der Waals surface area contributed by atoms with Gasteiger partial charge in [-0.1, -0.05) is 11.6 Å². The number of fused-ring (bicyclic) bond motifs is 1. The van der Waals surface area contributed by atoms with Gasteiger partial charge in [-0.15, -0.1) is 0 Å². The highest BCUT2D eigenvalue weighted by molar-refractivity contribution is 6.30. The Morgan fingerprint density at radius 1 is 1.18 bits per heavy atom. The number of rotatable bonds is 6. The summed E-state index contributed by atoms with van der Waals surface area (Å²) in [6, 6.07) is 6.89. The Kier molecular flexibility index (Phi) is 5.70. The van der Waals surface area contributed by atoms with Crippen LogP contribution in [0.15, 0.2) is 35.6 Å². The molecule has 0 atom stereocenters. The summed E-state index contributed by atoms with van der Waals surface area (Å²) in [5.74, 6) is 1.05. The summed E-state index contributed by atoms with van der Waals surface area (Å²) < 4.78 is 17.5. The average Bonchev–Trinajstić information content (AvgIpc) is 3.01. The monoisotopic (exact) mass is 402 g/mol. The summed E-state index contributed by atoms with van der Waals surface area (Å²) >= 11 is 6.03. The number of methoxy groups -OCH3 is 3. The van der Waals surface area contributed by atoms with E-state index < -0.39 is 5.91 Å². The van der Waals surface area contributed by atoms with E-state index in [0.717, 1.165) is 0 Å². The van der Waals surface area contributed by atoms with Crippen molar-refractivity contribution < 1.29 is 19.0 Å². The maximum absolute atomic E-state index is 12.6. The zero-order valence-corrected chi connectivity index (χ0v) is 16.6. The van der Waals surface area contributed by atoms with E-state index in [1.807, 2.05) is 0 Å². The molecule has 0 saturated heterocycles. The van der Waals surface area contributed by atoms with Gasteiger partial charge in [0.25, 0.3) is 5.91 Å². The van der Waals surface area contributed by atoms with Crippen molar-refractivity contribution in [2.75, 3.05) is 21.3 Å². The lowest BCUT2D eigenvalue weighted by Crippen LogP contribution is -2.20. The van der Waals surface area contributed by atoms with Crippen molar-refractivity contribution in [2.24, 2.45) is 5.10 Å². The minimum absolute atomic E-state index is 0.361. The number of ether oxygens (including phenoxy) is 3. The van der Waals surface area contributed by atoms with Crippen molar-refractivity contribution in [1.29, 1.82) is 0 Å². The normalized spacial score (nSPS) is 11.0. The molecule has 0 aliphatic rings. The number of benzene rings is 1. The first-order valence-electron chi connectivity index (χ1n) is 8.26. The summed E-state index contributed by atoms with van der Waals surface area (Å²) in [5.41, 5.74) is 4.72. The van der Waals surface area contributed by atoms with Crippen molar-refractivity contribution in [3.05, 3.63) is 52.4 Å². The average molecular weight is 403 g/mol. The molecule has 0 spiro atoms. The number of hydrogen-bond acceptors (Lipinski definition) is 6. The highest BCUT2D eigenvalue weighted by atomic mass is 35.5. The van der Waals surface area contributed by atoms with Gasteiger partial charge in [-0.2, -0.15) is 5.10 Å². The molecule has 3 rings (SSSR count). The minimum atomic E-state index is -0.407. The fraction of sp³-hybridized carbons (Fsp3) is 0.211. The van der Waals surface area contributed by atoms with Crippen LogP contribution >= 0.6 is 11.6 Å². The molecule has 0 aliphatic carbocycles. The molecule has 146 valence electrons. The number of aromatic nitrogens is 2. The van der Waals surface area contributed by atoms with E-state index in [4.69, 9.17) is 25.8 Å². The van der Waals surface area contributed by atoms with E-state index in [1.165, 1.54) is 27.5 Å². The number of pyridine rings is 1. The highest BCUT2D eigenvalue weighted by Crippen LogP contribution is 2.37. The van der Waals surface area contributed by atoms with Crippen molar-refractivity contribution in [1.82, 2.24) is 14.8 Å². The Labute approximate surface area is 166 Å². The van der Waals surface area contributed by atoms with E-state index in [2.05, 4.69) is 15.5 Å². The number of carbonyl (C=O) groups excluding carboxylic acids is 1. The number of aryl methyl sites for hydroxylation is 1. The topological polar surface area (TPSA) is 86.5 Å². The van der Waals surface area contributed by atoms with E-state index in [9.17, 15) is 4.79 Å². The molecule has 0 saturated carbocycles. The second kappa shape index (κ2) is 8.18. The third-order valence-corrected chi connectivity index (χ3v) is 4.26. The number of nitrogens with zero attached hydrogens (tertiary/aromatic N) is 3. The molecule has 9 heteroatoms. The Bertz CT molecular complexity index is 1040. The van der Waals surface area contributed by atoms with Crippen LogP contribution in [-0.4, -0.2) is 42.8 Å². The quantitative estimate of drug-likeness (QED) is 0.505. The lowest BCUT2D eigenvalue weighted by molar-refractivity contribution is 0.0948. The first kappa shape index (κ1) is 19.5. The first-order valence-corrected chi connectivity index (χ1v) is 8.64. The number of imidazole rings is 1. The molecule has 0 fully saturated rings. The molecule has 1 N–H and O–H groups in total. The smallest absolute Gasteiger partial charge is 0.290 e. The summed E-state index contributed by atoms with van der Waals surface area (Å²) in [4.78, 5) is 16.9.